The van der Waals surface area contributed by atoms with E-state index in [0.29, 0.717) is 27.8 Å². The number of hydrogen-bond donors (Lipinski definition) is 3. The first-order valence-corrected chi connectivity index (χ1v) is 12.9. The number of benzene rings is 2. The maximum atomic E-state index is 14.8. The third-order valence-corrected chi connectivity index (χ3v) is 7.18. The molecule has 1 saturated carbocycles. The molecule has 0 radical (unpaired) electrons. The Morgan fingerprint density at radius 3 is 2.53 bits per heavy atom. The molecule has 0 aliphatic heterocycles. The van der Waals surface area contributed by atoms with Crippen LogP contribution in [0.1, 0.15) is 24.4 Å². The molecule has 0 spiro atoms. The molecule has 0 saturated heterocycles. The Labute approximate surface area is 229 Å². The van der Waals surface area contributed by atoms with E-state index in [0.717, 1.165) is 0 Å². The summed E-state index contributed by atoms with van der Waals surface area (Å²) in [5, 5.41) is 5.92. The summed E-state index contributed by atoms with van der Waals surface area (Å²) in [4.78, 5) is 52.3. The van der Waals surface area contributed by atoms with Crippen LogP contribution in [0.4, 0.5) is 21.6 Å². The Morgan fingerprint density at radius 2 is 1.87 bits per heavy atom. The lowest BCUT2D eigenvalue weighted by Gasteiger charge is -2.21. The molecular formula is C26H24FIN6O4. The van der Waals surface area contributed by atoms with Crippen molar-refractivity contribution >= 4 is 56.6 Å². The first-order chi connectivity index (χ1) is 18.1. The molecule has 2 aromatic carbocycles. The maximum absolute atomic E-state index is 14.8. The van der Waals surface area contributed by atoms with Gasteiger partial charge in [-0.15, -0.1) is 0 Å². The number of anilines is 3. The zero-order valence-electron chi connectivity index (χ0n) is 20.5. The zero-order chi connectivity index (χ0) is 27.3. The van der Waals surface area contributed by atoms with Crippen molar-refractivity contribution in [3.05, 3.63) is 88.6 Å². The quantitative estimate of drug-likeness (QED) is 0.269. The molecule has 10 nitrogen and oxygen atoms in total. The molecule has 2 heterocycles. The van der Waals surface area contributed by atoms with Crippen LogP contribution in [0.3, 0.4) is 0 Å². The van der Waals surface area contributed by atoms with Gasteiger partial charge >= 0.3 is 5.69 Å². The second kappa shape index (κ2) is 9.74. The Balaban J connectivity index is 1.86. The molecule has 196 valence electrons. The summed E-state index contributed by atoms with van der Waals surface area (Å²) < 4.78 is 19.3. The van der Waals surface area contributed by atoms with E-state index in [1.807, 2.05) is 22.6 Å². The molecular weight excluding hydrogens is 606 g/mol. The molecule has 5 rings (SSSR count). The number of nitrogens with one attached hydrogen (secondary N) is 2. The van der Waals surface area contributed by atoms with Crippen molar-refractivity contribution < 1.29 is 9.18 Å². The fourth-order valence-corrected chi connectivity index (χ4v) is 4.97. The summed E-state index contributed by atoms with van der Waals surface area (Å²) in [6.45, 7) is 1.43. The number of carbonyl (C=O) groups excluding carboxylic acids is 1. The highest BCUT2D eigenvalue weighted by Crippen LogP contribution is 2.34. The van der Waals surface area contributed by atoms with E-state index in [2.05, 4.69) is 10.6 Å². The fourth-order valence-electron chi connectivity index (χ4n) is 4.52. The SMILES string of the molecule is Cc1c(=O)n(C)c(Nc2ccc(I)cc2F)c2c(=O)n(C3CC3)c(=O)n(-c3cccc(NCC(N)=O)c3)c12. The number of aryl methyl sites for hydroxylation is 1. The monoisotopic (exact) mass is 630 g/mol. The number of primary amides is 1. The van der Waals surface area contributed by atoms with Gasteiger partial charge in [-0.2, -0.15) is 0 Å². The third kappa shape index (κ3) is 4.48. The molecule has 1 fully saturated rings. The van der Waals surface area contributed by atoms with E-state index in [1.54, 1.807) is 37.3 Å². The normalized spacial score (nSPS) is 13.1. The van der Waals surface area contributed by atoms with Gasteiger partial charge in [-0.25, -0.2) is 9.18 Å². The van der Waals surface area contributed by atoms with Crippen LogP contribution in [0.15, 0.2) is 56.8 Å². The Morgan fingerprint density at radius 1 is 1.13 bits per heavy atom. The van der Waals surface area contributed by atoms with Crippen molar-refractivity contribution in [2.75, 3.05) is 17.2 Å². The van der Waals surface area contributed by atoms with Crippen LogP contribution in [0.25, 0.3) is 16.6 Å². The Kier molecular flexibility index (Phi) is 6.59. The molecule has 4 aromatic rings. The second-order valence-corrected chi connectivity index (χ2v) is 10.5. The van der Waals surface area contributed by atoms with Gasteiger partial charge in [0, 0.05) is 27.9 Å². The summed E-state index contributed by atoms with van der Waals surface area (Å²) in [6, 6.07) is 11.0. The van der Waals surface area contributed by atoms with Gasteiger partial charge in [-0.1, -0.05) is 6.07 Å². The highest BCUT2D eigenvalue weighted by atomic mass is 127. The standard InChI is InChI=1S/C26H24FIN6O4/c1-13-22-21(23(32(2)24(13)36)31-19-9-6-14(28)10-18(19)27)25(37)34(16-7-8-16)26(38)33(22)17-5-3-4-15(11-17)30-12-20(29)35/h3-6,9-11,16,30-31H,7-8,12H2,1-2H3,(H2,29,35). The van der Waals surface area contributed by atoms with Crippen LogP contribution in [0.5, 0.6) is 0 Å². The number of carbonyl (C=O) groups is 1. The number of nitrogens with two attached hydrogens (primary N) is 1. The number of hydrogen-bond acceptors (Lipinski definition) is 6. The van der Waals surface area contributed by atoms with Crippen molar-refractivity contribution in [1.29, 1.82) is 0 Å². The number of aromatic nitrogens is 3. The summed E-state index contributed by atoms with van der Waals surface area (Å²) >= 11 is 1.99. The molecule has 1 amide bonds. The predicted molar refractivity (Wildman–Crippen MR) is 152 cm³/mol. The second-order valence-electron chi connectivity index (χ2n) is 9.21. The van der Waals surface area contributed by atoms with Gasteiger partial charge in [0.15, 0.2) is 0 Å². The molecule has 38 heavy (non-hydrogen) atoms. The van der Waals surface area contributed by atoms with Crippen LogP contribution < -0.4 is 33.2 Å². The highest BCUT2D eigenvalue weighted by molar-refractivity contribution is 14.1. The molecule has 2 aromatic heterocycles. The van der Waals surface area contributed by atoms with Crippen LogP contribution in [-0.4, -0.2) is 26.2 Å². The smallest absolute Gasteiger partial charge is 0.336 e. The van der Waals surface area contributed by atoms with Crippen LogP contribution in [0, 0.1) is 16.3 Å². The molecule has 12 heteroatoms. The van der Waals surface area contributed by atoms with Gasteiger partial charge in [-0.05, 0) is 78.8 Å². The largest absolute Gasteiger partial charge is 0.376 e. The van der Waals surface area contributed by atoms with Gasteiger partial charge in [0.25, 0.3) is 11.1 Å². The van der Waals surface area contributed by atoms with Crippen LogP contribution >= 0.6 is 22.6 Å². The molecule has 0 bridgehead atoms. The predicted octanol–water partition coefficient (Wildman–Crippen LogP) is 2.88. The molecule has 0 atom stereocenters. The van der Waals surface area contributed by atoms with E-state index < -0.39 is 28.5 Å². The summed E-state index contributed by atoms with van der Waals surface area (Å²) in [5.74, 6) is -1.04. The first-order valence-electron chi connectivity index (χ1n) is 11.8. The Bertz CT molecular complexity index is 1810. The van der Waals surface area contributed by atoms with Gasteiger partial charge in [-0.3, -0.25) is 28.1 Å². The lowest BCUT2D eigenvalue weighted by Crippen LogP contribution is -2.41. The van der Waals surface area contributed by atoms with E-state index in [4.69, 9.17) is 5.73 Å². The minimum atomic E-state index is -0.584. The van der Waals surface area contributed by atoms with Crippen molar-refractivity contribution in [1.82, 2.24) is 13.7 Å². The summed E-state index contributed by atoms with van der Waals surface area (Å²) in [6.07, 6.45) is 1.33. The van der Waals surface area contributed by atoms with Gasteiger partial charge < -0.3 is 16.4 Å². The molecule has 4 N–H and O–H groups in total. The summed E-state index contributed by atoms with van der Waals surface area (Å²) in [7, 11) is 1.49. The molecule has 0 unspecified atom stereocenters. The van der Waals surface area contributed by atoms with Crippen molar-refractivity contribution in [2.45, 2.75) is 25.8 Å². The third-order valence-electron chi connectivity index (χ3n) is 6.51. The van der Waals surface area contributed by atoms with E-state index in [1.165, 1.54) is 32.9 Å². The number of pyridine rings is 1. The van der Waals surface area contributed by atoms with Gasteiger partial charge in [0.05, 0.1) is 23.4 Å². The topological polar surface area (TPSA) is 133 Å². The number of nitrogens with zero attached hydrogens (tertiary/aromatic N) is 3. The maximum Gasteiger partial charge on any atom is 0.336 e. The average molecular weight is 630 g/mol. The minimum Gasteiger partial charge on any atom is -0.376 e. The van der Waals surface area contributed by atoms with E-state index in [-0.39, 0.29) is 40.6 Å². The van der Waals surface area contributed by atoms with Crippen LogP contribution in [-0.2, 0) is 11.8 Å². The van der Waals surface area contributed by atoms with Crippen molar-refractivity contribution in [3.8, 4) is 5.69 Å². The summed E-state index contributed by atoms with van der Waals surface area (Å²) in [5.41, 5.74) is 4.95. The van der Waals surface area contributed by atoms with Crippen LogP contribution in [0.2, 0.25) is 0 Å². The van der Waals surface area contributed by atoms with Crippen molar-refractivity contribution in [2.24, 2.45) is 12.8 Å². The van der Waals surface area contributed by atoms with Gasteiger partial charge in [0.2, 0.25) is 5.91 Å². The average Bonchev–Trinajstić information content (AvgIpc) is 3.70. The first kappa shape index (κ1) is 25.7. The number of amides is 1. The lowest BCUT2D eigenvalue weighted by molar-refractivity contribution is -0.116. The van der Waals surface area contributed by atoms with Crippen molar-refractivity contribution in [3.63, 3.8) is 0 Å². The fraction of sp³-hybridized carbons (Fsp3) is 0.231. The zero-order valence-corrected chi connectivity index (χ0v) is 22.7. The number of halogens is 2. The molecule has 1 aliphatic rings. The highest BCUT2D eigenvalue weighted by Gasteiger charge is 2.31. The molecule has 1 aliphatic carbocycles. The van der Waals surface area contributed by atoms with Gasteiger partial charge in [0.1, 0.15) is 17.0 Å². The van der Waals surface area contributed by atoms with E-state index in [9.17, 15) is 23.6 Å². The lowest BCUT2D eigenvalue weighted by atomic mass is 10.1. The minimum absolute atomic E-state index is 0.0758. The van der Waals surface area contributed by atoms with E-state index >= 15 is 0 Å². The number of fused-ring (bicyclic) bond motifs is 1. The Hall–Kier alpha value is -3.94. The number of rotatable bonds is 7.